The first-order valence-corrected chi connectivity index (χ1v) is 10.6. The number of benzene rings is 2. The zero-order valence-corrected chi connectivity index (χ0v) is 17.3. The highest BCUT2D eigenvalue weighted by atomic mass is 32.2. The van der Waals surface area contributed by atoms with Gasteiger partial charge >= 0.3 is 5.97 Å². The van der Waals surface area contributed by atoms with Gasteiger partial charge in [-0.1, -0.05) is 49.7 Å². The molecule has 2 aromatic carbocycles. The fourth-order valence-electron chi connectivity index (χ4n) is 2.73. The van der Waals surface area contributed by atoms with Crippen molar-refractivity contribution in [3.8, 4) is 0 Å². The first kappa shape index (κ1) is 21.8. The minimum atomic E-state index is -3.69. The molecule has 0 saturated heterocycles. The fourth-order valence-corrected chi connectivity index (χ4v) is 4.24. The molecule has 0 fully saturated rings. The summed E-state index contributed by atoms with van der Waals surface area (Å²) in [4.78, 5) is 24.9. The molecule has 28 heavy (non-hydrogen) atoms. The molecule has 2 rings (SSSR count). The van der Waals surface area contributed by atoms with Crippen LogP contribution in [-0.4, -0.2) is 43.7 Å². The van der Waals surface area contributed by atoms with Gasteiger partial charge in [-0.3, -0.25) is 4.79 Å². The summed E-state index contributed by atoms with van der Waals surface area (Å²) in [6, 6.07) is 12.6. The quantitative estimate of drug-likeness (QED) is 0.498. The van der Waals surface area contributed by atoms with Gasteiger partial charge in [-0.25, -0.2) is 13.2 Å². The summed E-state index contributed by atoms with van der Waals surface area (Å²) in [6.45, 7) is 7.56. The number of aryl methyl sites for hydroxylation is 1. The van der Waals surface area contributed by atoms with Crippen molar-refractivity contribution in [3.63, 3.8) is 0 Å². The van der Waals surface area contributed by atoms with Crippen LogP contribution < -0.4 is 0 Å². The maximum atomic E-state index is 12.6. The zero-order valence-electron chi connectivity index (χ0n) is 16.5. The molecule has 0 aliphatic rings. The van der Waals surface area contributed by atoms with E-state index in [-0.39, 0.29) is 16.2 Å². The number of carbonyl (C=O) groups excluding carboxylic acids is 2. The molecular formula is C21H25NO5S. The molecule has 0 aliphatic heterocycles. The smallest absolute Gasteiger partial charge is 0.338 e. The van der Waals surface area contributed by atoms with Gasteiger partial charge in [0.2, 0.25) is 15.8 Å². The molecule has 0 saturated carbocycles. The maximum absolute atomic E-state index is 12.6. The molecule has 1 atom stereocenters. The lowest BCUT2D eigenvalue weighted by atomic mass is 10.1. The van der Waals surface area contributed by atoms with E-state index in [9.17, 15) is 18.0 Å². The number of ketones is 1. The second kappa shape index (κ2) is 9.12. The highest BCUT2D eigenvalue weighted by Gasteiger charge is 2.24. The van der Waals surface area contributed by atoms with Gasteiger partial charge in [-0.2, -0.15) is 4.31 Å². The van der Waals surface area contributed by atoms with Crippen LogP contribution in [0.25, 0.3) is 0 Å². The molecule has 0 heterocycles. The Kier molecular flexibility index (Phi) is 7.10. The lowest BCUT2D eigenvalue weighted by Crippen LogP contribution is -2.30. The van der Waals surface area contributed by atoms with Gasteiger partial charge in [-0.15, -0.1) is 0 Å². The lowest BCUT2D eigenvalue weighted by Gasteiger charge is -2.19. The van der Waals surface area contributed by atoms with Crippen LogP contribution in [0.1, 0.15) is 47.1 Å². The van der Waals surface area contributed by atoms with E-state index in [1.807, 2.05) is 19.1 Å². The Hall–Kier alpha value is -2.51. The van der Waals surface area contributed by atoms with E-state index in [2.05, 4.69) is 0 Å². The average molecular weight is 404 g/mol. The third-order valence-electron chi connectivity index (χ3n) is 4.40. The first-order valence-electron chi connectivity index (χ1n) is 9.12. The van der Waals surface area contributed by atoms with Crippen LogP contribution in [-0.2, 0) is 14.8 Å². The molecular weight excluding hydrogens is 378 g/mol. The van der Waals surface area contributed by atoms with Crippen LogP contribution in [0.3, 0.4) is 0 Å². The topological polar surface area (TPSA) is 80.8 Å². The van der Waals surface area contributed by atoms with Crippen molar-refractivity contribution in [1.82, 2.24) is 4.31 Å². The number of Topliss-reactive ketones (excluding diaryl/α,β-unsaturated/α-hetero) is 1. The predicted octanol–water partition coefficient (Wildman–Crippen LogP) is 3.45. The van der Waals surface area contributed by atoms with Crippen LogP contribution in [0.4, 0.5) is 0 Å². The van der Waals surface area contributed by atoms with Gasteiger partial charge in [-0.05, 0) is 32.0 Å². The van der Waals surface area contributed by atoms with Crippen molar-refractivity contribution in [2.24, 2.45) is 0 Å². The first-order chi connectivity index (χ1) is 13.2. The van der Waals surface area contributed by atoms with Crippen LogP contribution in [0.15, 0.2) is 53.4 Å². The van der Waals surface area contributed by atoms with Crippen molar-refractivity contribution in [2.75, 3.05) is 13.1 Å². The van der Waals surface area contributed by atoms with Gasteiger partial charge in [0.15, 0.2) is 6.10 Å². The van der Waals surface area contributed by atoms with Crippen molar-refractivity contribution in [1.29, 1.82) is 0 Å². The number of esters is 1. The largest absolute Gasteiger partial charge is 0.451 e. The van der Waals surface area contributed by atoms with Crippen molar-refractivity contribution < 1.29 is 22.7 Å². The van der Waals surface area contributed by atoms with Gasteiger partial charge < -0.3 is 4.74 Å². The standard InChI is InChI=1S/C21H25NO5S/c1-5-22(6-2)28(25,26)19-9-7-8-18(14-19)21(24)27-16(4)20(23)17-12-10-15(3)11-13-17/h7-14,16H,5-6H2,1-4H3/t16-/m0/s1. The summed E-state index contributed by atoms with van der Waals surface area (Å²) in [6.07, 6.45) is -0.988. The van der Waals surface area contributed by atoms with Gasteiger partial charge in [0.1, 0.15) is 0 Å². The van der Waals surface area contributed by atoms with Crippen LogP contribution in [0.2, 0.25) is 0 Å². The normalized spacial score (nSPS) is 12.6. The number of rotatable bonds is 8. The third kappa shape index (κ3) is 4.85. The second-order valence-electron chi connectivity index (χ2n) is 6.39. The SMILES string of the molecule is CCN(CC)S(=O)(=O)c1cccc(C(=O)O[C@@H](C)C(=O)c2ccc(C)cc2)c1. The molecule has 150 valence electrons. The van der Waals surface area contributed by atoms with Crippen molar-refractivity contribution in [2.45, 2.75) is 38.7 Å². The predicted molar refractivity (Wildman–Crippen MR) is 107 cm³/mol. The summed E-state index contributed by atoms with van der Waals surface area (Å²) in [5.41, 5.74) is 1.55. The Morgan fingerprint density at radius 1 is 1.00 bits per heavy atom. The monoisotopic (exact) mass is 403 g/mol. The van der Waals surface area contributed by atoms with Gasteiger partial charge in [0.25, 0.3) is 0 Å². The van der Waals surface area contributed by atoms with E-state index < -0.39 is 22.1 Å². The summed E-state index contributed by atoms with van der Waals surface area (Å²) in [5.74, 6) is -1.06. The van der Waals surface area contributed by atoms with E-state index in [0.717, 1.165) is 5.56 Å². The lowest BCUT2D eigenvalue weighted by molar-refractivity contribution is 0.0318. The van der Waals surface area contributed by atoms with E-state index >= 15 is 0 Å². The molecule has 0 aromatic heterocycles. The second-order valence-corrected chi connectivity index (χ2v) is 8.33. The molecule has 0 amide bonds. The number of nitrogens with zero attached hydrogens (tertiary/aromatic N) is 1. The molecule has 2 aromatic rings. The minimum Gasteiger partial charge on any atom is -0.451 e. The summed E-state index contributed by atoms with van der Waals surface area (Å²) in [7, 11) is -3.69. The zero-order chi connectivity index (χ0) is 20.9. The summed E-state index contributed by atoms with van der Waals surface area (Å²) in [5, 5.41) is 0. The highest BCUT2D eigenvalue weighted by Crippen LogP contribution is 2.18. The summed E-state index contributed by atoms with van der Waals surface area (Å²) < 4.78 is 31.8. The Labute approximate surface area is 166 Å². The number of hydrogen-bond donors (Lipinski definition) is 0. The number of sulfonamides is 1. The van der Waals surface area contributed by atoms with Crippen LogP contribution in [0.5, 0.6) is 0 Å². The maximum Gasteiger partial charge on any atom is 0.338 e. The molecule has 0 spiro atoms. The van der Waals surface area contributed by atoms with Crippen molar-refractivity contribution in [3.05, 3.63) is 65.2 Å². The Morgan fingerprint density at radius 2 is 1.61 bits per heavy atom. The van der Waals surface area contributed by atoms with Gasteiger partial charge in [0, 0.05) is 18.7 Å². The fraction of sp³-hybridized carbons (Fsp3) is 0.333. The number of carbonyl (C=O) groups is 2. The Balaban J connectivity index is 2.18. The molecule has 0 radical (unpaired) electrons. The molecule has 0 N–H and O–H groups in total. The molecule has 0 bridgehead atoms. The molecule has 0 unspecified atom stereocenters. The van der Waals surface area contributed by atoms with Crippen LogP contribution in [0, 0.1) is 6.92 Å². The van der Waals surface area contributed by atoms with Crippen LogP contribution >= 0.6 is 0 Å². The number of ether oxygens (including phenoxy) is 1. The van der Waals surface area contributed by atoms with Crippen molar-refractivity contribution >= 4 is 21.8 Å². The Bertz CT molecular complexity index is 947. The molecule has 0 aliphatic carbocycles. The van der Waals surface area contributed by atoms with E-state index in [0.29, 0.717) is 18.7 Å². The Morgan fingerprint density at radius 3 is 2.18 bits per heavy atom. The average Bonchev–Trinajstić information content (AvgIpc) is 2.68. The van der Waals surface area contributed by atoms with Gasteiger partial charge in [0.05, 0.1) is 10.5 Å². The van der Waals surface area contributed by atoms with E-state index in [1.54, 1.807) is 26.0 Å². The number of hydrogen-bond acceptors (Lipinski definition) is 5. The molecule has 7 heteroatoms. The third-order valence-corrected chi connectivity index (χ3v) is 6.45. The molecule has 6 nitrogen and oxygen atoms in total. The minimum absolute atomic E-state index is 0.0168. The van der Waals surface area contributed by atoms with E-state index in [4.69, 9.17) is 4.74 Å². The highest BCUT2D eigenvalue weighted by molar-refractivity contribution is 7.89. The van der Waals surface area contributed by atoms with E-state index in [1.165, 1.54) is 35.5 Å². The summed E-state index contributed by atoms with van der Waals surface area (Å²) >= 11 is 0.